The molecule has 0 fully saturated rings. The van der Waals surface area contributed by atoms with Gasteiger partial charge in [-0.1, -0.05) is 49.7 Å². The fourth-order valence-electron chi connectivity index (χ4n) is 3.09. The first-order valence-electron chi connectivity index (χ1n) is 8.11. The van der Waals surface area contributed by atoms with E-state index in [9.17, 15) is 4.79 Å². The third kappa shape index (κ3) is 2.87. The van der Waals surface area contributed by atoms with Crippen molar-refractivity contribution in [3.05, 3.63) is 59.8 Å². The van der Waals surface area contributed by atoms with Crippen molar-refractivity contribution >= 4 is 16.7 Å². The fraction of sp³-hybridized carbons (Fsp3) is 0.250. The highest BCUT2D eigenvalue weighted by Crippen LogP contribution is 2.29. The van der Waals surface area contributed by atoms with Gasteiger partial charge in [0.05, 0.1) is 5.56 Å². The van der Waals surface area contributed by atoms with E-state index in [2.05, 4.69) is 41.8 Å². The van der Waals surface area contributed by atoms with Crippen LogP contribution >= 0.6 is 0 Å². The van der Waals surface area contributed by atoms with Gasteiger partial charge in [0.1, 0.15) is 0 Å². The third-order valence-electron chi connectivity index (χ3n) is 4.41. The number of fused-ring (bicyclic) bond motifs is 1. The zero-order valence-electron chi connectivity index (χ0n) is 13.7. The Morgan fingerprint density at radius 1 is 1.09 bits per heavy atom. The van der Waals surface area contributed by atoms with Crippen molar-refractivity contribution < 1.29 is 4.79 Å². The van der Waals surface area contributed by atoms with Gasteiger partial charge in [-0.2, -0.15) is 0 Å². The van der Waals surface area contributed by atoms with E-state index in [1.807, 2.05) is 25.1 Å². The van der Waals surface area contributed by atoms with E-state index in [0.717, 1.165) is 36.3 Å². The lowest BCUT2D eigenvalue weighted by Crippen LogP contribution is -2.12. The number of hydrogen-bond donors (Lipinski definition) is 1. The van der Waals surface area contributed by atoms with Gasteiger partial charge in [-0.25, -0.2) is 0 Å². The van der Waals surface area contributed by atoms with Crippen molar-refractivity contribution in [3.63, 3.8) is 0 Å². The first-order chi connectivity index (χ1) is 11.1. The van der Waals surface area contributed by atoms with Crippen LogP contribution in [0.1, 0.15) is 35.8 Å². The molecule has 0 atom stereocenters. The van der Waals surface area contributed by atoms with Crippen LogP contribution in [-0.2, 0) is 6.54 Å². The molecule has 3 nitrogen and oxygen atoms in total. The van der Waals surface area contributed by atoms with Crippen LogP contribution in [0.25, 0.3) is 22.0 Å². The summed E-state index contributed by atoms with van der Waals surface area (Å²) in [7, 11) is 0. The normalized spacial score (nSPS) is 11.0. The van der Waals surface area contributed by atoms with Crippen molar-refractivity contribution in [2.75, 3.05) is 0 Å². The molecule has 118 valence electrons. The minimum Gasteiger partial charge on any atom is -0.366 e. The van der Waals surface area contributed by atoms with Crippen LogP contribution in [0.3, 0.4) is 0 Å². The molecule has 2 aromatic carbocycles. The van der Waals surface area contributed by atoms with E-state index < -0.39 is 0 Å². The Morgan fingerprint density at radius 3 is 2.52 bits per heavy atom. The van der Waals surface area contributed by atoms with Crippen molar-refractivity contribution in [3.8, 4) is 11.3 Å². The summed E-state index contributed by atoms with van der Waals surface area (Å²) < 4.78 is 2.22. The van der Waals surface area contributed by atoms with Crippen molar-refractivity contribution in [2.45, 2.75) is 33.2 Å². The highest BCUT2D eigenvalue weighted by molar-refractivity contribution is 5.96. The monoisotopic (exact) mass is 306 g/mol. The van der Waals surface area contributed by atoms with E-state index >= 15 is 0 Å². The number of rotatable bonds is 5. The number of primary amides is 1. The zero-order chi connectivity index (χ0) is 16.4. The summed E-state index contributed by atoms with van der Waals surface area (Å²) in [5.74, 6) is -0.361. The summed E-state index contributed by atoms with van der Waals surface area (Å²) in [4.78, 5) is 11.7. The number of nitrogens with two attached hydrogens (primary N) is 1. The average molecular weight is 306 g/mol. The molecule has 3 heteroatoms. The first-order valence-corrected chi connectivity index (χ1v) is 8.11. The molecule has 0 saturated heterocycles. The number of aromatic nitrogens is 1. The predicted octanol–water partition coefficient (Wildman–Crippen LogP) is 4.52. The Balaban J connectivity index is 2.15. The van der Waals surface area contributed by atoms with Crippen molar-refractivity contribution in [1.82, 2.24) is 4.57 Å². The Bertz CT molecular complexity index is 861. The second-order valence-electron chi connectivity index (χ2n) is 5.96. The SMILES string of the molecule is CCCCn1c(-c2ccc3ccccc3c2)cc(C(N)=O)c1C. The zero-order valence-corrected chi connectivity index (χ0v) is 13.7. The lowest BCUT2D eigenvalue weighted by atomic mass is 10.0. The van der Waals surface area contributed by atoms with Crippen molar-refractivity contribution in [2.24, 2.45) is 5.73 Å². The molecule has 0 spiro atoms. The van der Waals surface area contributed by atoms with Gasteiger partial charge < -0.3 is 10.3 Å². The van der Waals surface area contributed by atoms with Gasteiger partial charge in [0, 0.05) is 17.9 Å². The van der Waals surface area contributed by atoms with Gasteiger partial charge in [0.2, 0.25) is 0 Å². The van der Waals surface area contributed by atoms with Gasteiger partial charge in [-0.05, 0) is 41.8 Å². The van der Waals surface area contributed by atoms with Crippen LogP contribution in [-0.4, -0.2) is 10.5 Å². The largest absolute Gasteiger partial charge is 0.366 e. The molecule has 0 saturated carbocycles. The summed E-state index contributed by atoms with van der Waals surface area (Å²) in [5, 5.41) is 2.42. The Morgan fingerprint density at radius 2 is 1.83 bits per heavy atom. The Kier molecular flexibility index (Phi) is 4.20. The van der Waals surface area contributed by atoms with Crippen LogP contribution in [0.2, 0.25) is 0 Å². The molecule has 0 radical (unpaired) electrons. The molecule has 23 heavy (non-hydrogen) atoms. The van der Waals surface area contributed by atoms with Crippen molar-refractivity contribution in [1.29, 1.82) is 0 Å². The van der Waals surface area contributed by atoms with Crippen LogP contribution in [0.4, 0.5) is 0 Å². The Labute approximate surface area is 136 Å². The number of carbonyl (C=O) groups excluding carboxylic acids is 1. The highest BCUT2D eigenvalue weighted by Gasteiger charge is 2.16. The topological polar surface area (TPSA) is 48.0 Å². The van der Waals surface area contributed by atoms with E-state index in [1.165, 1.54) is 10.8 Å². The molecule has 0 unspecified atom stereocenters. The highest BCUT2D eigenvalue weighted by atomic mass is 16.1. The number of carbonyl (C=O) groups is 1. The number of hydrogen-bond acceptors (Lipinski definition) is 1. The molecule has 0 aliphatic rings. The summed E-state index contributed by atoms with van der Waals surface area (Å²) in [6.07, 6.45) is 2.19. The van der Waals surface area contributed by atoms with E-state index in [-0.39, 0.29) is 5.91 Å². The maximum Gasteiger partial charge on any atom is 0.250 e. The second-order valence-corrected chi connectivity index (χ2v) is 5.96. The number of unbranched alkanes of at least 4 members (excludes halogenated alkanes) is 1. The molecule has 0 aliphatic carbocycles. The van der Waals surface area contributed by atoms with Crippen LogP contribution in [0, 0.1) is 6.92 Å². The van der Waals surface area contributed by atoms with Gasteiger partial charge in [0.25, 0.3) is 5.91 Å². The van der Waals surface area contributed by atoms with E-state index in [4.69, 9.17) is 5.73 Å². The predicted molar refractivity (Wildman–Crippen MR) is 95.5 cm³/mol. The van der Waals surface area contributed by atoms with Gasteiger partial charge in [-0.3, -0.25) is 4.79 Å². The maximum absolute atomic E-state index is 11.7. The first kappa shape index (κ1) is 15.3. The molecular formula is C20H22N2O. The van der Waals surface area contributed by atoms with E-state index in [0.29, 0.717) is 5.56 Å². The van der Waals surface area contributed by atoms with Gasteiger partial charge in [-0.15, -0.1) is 0 Å². The number of benzene rings is 2. The minimum absolute atomic E-state index is 0.361. The molecule has 0 aliphatic heterocycles. The number of nitrogens with zero attached hydrogens (tertiary/aromatic N) is 1. The lowest BCUT2D eigenvalue weighted by Gasteiger charge is -2.12. The van der Waals surface area contributed by atoms with Crippen LogP contribution in [0.15, 0.2) is 48.5 Å². The standard InChI is InChI=1S/C20H22N2O/c1-3-4-11-22-14(2)18(20(21)23)13-19(22)17-10-9-15-7-5-6-8-16(15)12-17/h5-10,12-13H,3-4,11H2,1-2H3,(H2,21,23). The Hall–Kier alpha value is -2.55. The molecule has 3 rings (SSSR count). The average Bonchev–Trinajstić information content (AvgIpc) is 2.89. The van der Waals surface area contributed by atoms with Crippen LogP contribution in [0.5, 0.6) is 0 Å². The summed E-state index contributed by atoms with van der Waals surface area (Å²) in [5.41, 5.74) is 9.30. The molecular weight excluding hydrogens is 284 g/mol. The number of amides is 1. The quantitative estimate of drug-likeness (QED) is 0.740. The molecule has 1 amide bonds. The fourth-order valence-corrected chi connectivity index (χ4v) is 3.09. The maximum atomic E-state index is 11.7. The van der Waals surface area contributed by atoms with E-state index in [1.54, 1.807) is 0 Å². The third-order valence-corrected chi connectivity index (χ3v) is 4.41. The smallest absolute Gasteiger partial charge is 0.250 e. The van der Waals surface area contributed by atoms with Crippen LogP contribution < -0.4 is 5.73 Å². The molecule has 3 aromatic rings. The molecule has 1 aromatic heterocycles. The minimum atomic E-state index is -0.361. The molecule has 2 N–H and O–H groups in total. The van der Waals surface area contributed by atoms with Gasteiger partial charge >= 0.3 is 0 Å². The lowest BCUT2D eigenvalue weighted by molar-refractivity contribution is 0.0999. The second kappa shape index (κ2) is 6.29. The summed E-state index contributed by atoms with van der Waals surface area (Å²) in [6, 6.07) is 16.7. The molecule has 1 heterocycles. The summed E-state index contributed by atoms with van der Waals surface area (Å²) in [6.45, 7) is 5.04. The molecule has 0 bridgehead atoms. The summed E-state index contributed by atoms with van der Waals surface area (Å²) >= 11 is 0. The van der Waals surface area contributed by atoms with Gasteiger partial charge in [0.15, 0.2) is 0 Å².